The Labute approximate surface area is 226 Å². The molecule has 0 fully saturated rings. The Morgan fingerprint density at radius 1 is 0.763 bits per heavy atom. The topological polar surface area (TPSA) is 118 Å². The molecular weight excluding hydrogens is 504 g/mol. The predicted molar refractivity (Wildman–Crippen MR) is 149 cm³/mol. The summed E-state index contributed by atoms with van der Waals surface area (Å²) in [6, 6.07) is 20.6. The molecule has 0 heterocycles. The van der Waals surface area contributed by atoms with Crippen molar-refractivity contribution in [1.82, 2.24) is 16.2 Å². The Morgan fingerprint density at radius 2 is 1.32 bits per heavy atom. The normalized spacial score (nSPS) is 10.6. The summed E-state index contributed by atoms with van der Waals surface area (Å²) >= 11 is 5.03. The fourth-order valence-electron chi connectivity index (χ4n) is 3.23. The van der Waals surface area contributed by atoms with E-state index in [9.17, 15) is 14.4 Å². The van der Waals surface area contributed by atoms with Gasteiger partial charge in [-0.25, -0.2) is 0 Å². The highest BCUT2D eigenvalue weighted by Crippen LogP contribution is 2.22. The second-order valence-corrected chi connectivity index (χ2v) is 9.69. The van der Waals surface area contributed by atoms with E-state index < -0.39 is 11.8 Å². The van der Waals surface area contributed by atoms with Crippen molar-refractivity contribution in [3.63, 3.8) is 0 Å². The Hall–Kier alpha value is -4.44. The predicted octanol–water partition coefficient (Wildman–Crippen LogP) is 3.96. The zero-order valence-corrected chi connectivity index (χ0v) is 22.4. The van der Waals surface area contributed by atoms with E-state index in [0.29, 0.717) is 28.3 Å². The summed E-state index contributed by atoms with van der Waals surface area (Å²) in [7, 11) is 1.55. The van der Waals surface area contributed by atoms with Crippen molar-refractivity contribution in [1.29, 1.82) is 0 Å². The van der Waals surface area contributed by atoms with Crippen LogP contribution in [0.3, 0.4) is 0 Å². The van der Waals surface area contributed by atoms with Crippen molar-refractivity contribution in [2.45, 2.75) is 26.2 Å². The number of anilines is 1. The molecule has 0 aliphatic heterocycles. The maximum atomic E-state index is 12.5. The molecule has 38 heavy (non-hydrogen) atoms. The maximum absolute atomic E-state index is 12.5. The van der Waals surface area contributed by atoms with E-state index in [1.165, 1.54) is 0 Å². The Kier molecular flexibility index (Phi) is 9.39. The molecule has 0 bridgehead atoms. The van der Waals surface area contributed by atoms with E-state index in [0.717, 1.165) is 5.56 Å². The molecule has 198 valence electrons. The fraction of sp³-hybridized carbons (Fsp3) is 0.214. The molecule has 9 nitrogen and oxygen atoms in total. The number of hydrogen-bond acceptors (Lipinski definition) is 6. The molecule has 0 saturated heterocycles. The first-order valence-corrected chi connectivity index (χ1v) is 12.1. The molecular formula is C28H30N4O5S. The van der Waals surface area contributed by atoms with Crippen LogP contribution in [0.2, 0.25) is 0 Å². The molecule has 0 aromatic heterocycles. The van der Waals surface area contributed by atoms with Crippen LogP contribution in [0.15, 0.2) is 72.8 Å². The number of rotatable bonds is 7. The Balaban J connectivity index is 1.42. The lowest BCUT2D eigenvalue weighted by Crippen LogP contribution is -2.49. The number of thiocarbonyl (C=S) groups is 1. The molecule has 3 amide bonds. The zero-order chi connectivity index (χ0) is 27.7. The van der Waals surface area contributed by atoms with Crippen LogP contribution in [0.5, 0.6) is 11.5 Å². The van der Waals surface area contributed by atoms with Crippen LogP contribution in [0, 0.1) is 0 Å². The number of benzene rings is 3. The van der Waals surface area contributed by atoms with Crippen LogP contribution in [-0.4, -0.2) is 36.6 Å². The number of ether oxygens (including phenoxy) is 2. The van der Waals surface area contributed by atoms with Gasteiger partial charge in [0.15, 0.2) is 11.7 Å². The van der Waals surface area contributed by atoms with Gasteiger partial charge in [0.1, 0.15) is 11.5 Å². The molecule has 0 aliphatic rings. The summed E-state index contributed by atoms with van der Waals surface area (Å²) in [6.07, 6.45) is 0. The van der Waals surface area contributed by atoms with E-state index in [-0.39, 0.29) is 23.0 Å². The first kappa shape index (κ1) is 28.1. The van der Waals surface area contributed by atoms with Gasteiger partial charge in [-0.05, 0) is 83.9 Å². The van der Waals surface area contributed by atoms with Crippen molar-refractivity contribution in [2.75, 3.05) is 19.0 Å². The van der Waals surface area contributed by atoms with Gasteiger partial charge in [-0.15, -0.1) is 0 Å². The van der Waals surface area contributed by atoms with Crippen molar-refractivity contribution in [3.8, 4) is 11.5 Å². The van der Waals surface area contributed by atoms with Gasteiger partial charge >= 0.3 is 0 Å². The number of amides is 3. The lowest BCUT2D eigenvalue weighted by atomic mass is 9.87. The SMILES string of the molecule is COc1ccc(OCC(=O)NC(=S)NNC(=O)c2ccc(NC(=O)c3ccc(C(C)(C)C)cc3)cc2)cc1. The number of hydrazine groups is 1. The molecule has 3 aromatic carbocycles. The van der Waals surface area contributed by atoms with Crippen LogP contribution in [0.1, 0.15) is 47.1 Å². The molecule has 0 spiro atoms. The average molecular weight is 535 g/mol. The highest BCUT2D eigenvalue weighted by molar-refractivity contribution is 7.80. The van der Waals surface area contributed by atoms with Crippen LogP contribution in [-0.2, 0) is 10.2 Å². The van der Waals surface area contributed by atoms with Crippen LogP contribution >= 0.6 is 12.2 Å². The molecule has 0 aliphatic carbocycles. The minimum Gasteiger partial charge on any atom is -0.497 e. The highest BCUT2D eigenvalue weighted by atomic mass is 32.1. The van der Waals surface area contributed by atoms with Gasteiger partial charge in [-0.1, -0.05) is 32.9 Å². The molecule has 4 N–H and O–H groups in total. The van der Waals surface area contributed by atoms with Crippen LogP contribution < -0.4 is 31.0 Å². The molecule has 3 aromatic rings. The van der Waals surface area contributed by atoms with Gasteiger partial charge < -0.3 is 14.8 Å². The maximum Gasteiger partial charge on any atom is 0.269 e. The lowest BCUT2D eigenvalue weighted by molar-refractivity contribution is -0.121. The van der Waals surface area contributed by atoms with Crippen LogP contribution in [0.4, 0.5) is 5.69 Å². The summed E-state index contributed by atoms with van der Waals surface area (Å²) in [6.45, 7) is 6.06. The number of methoxy groups -OCH3 is 1. The summed E-state index contributed by atoms with van der Waals surface area (Å²) in [5, 5.41) is 5.12. The number of carbonyl (C=O) groups excluding carboxylic acids is 3. The molecule has 0 atom stereocenters. The summed E-state index contributed by atoms with van der Waals surface area (Å²) in [5.41, 5.74) is 7.41. The lowest BCUT2D eigenvalue weighted by Gasteiger charge is -2.19. The molecule has 0 radical (unpaired) electrons. The van der Waals surface area contributed by atoms with E-state index in [1.54, 1.807) is 67.8 Å². The quantitative estimate of drug-likeness (QED) is 0.268. The van der Waals surface area contributed by atoms with E-state index in [2.05, 4.69) is 42.3 Å². The van der Waals surface area contributed by atoms with Gasteiger partial charge in [-0.3, -0.25) is 30.6 Å². The van der Waals surface area contributed by atoms with E-state index in [1.807, 2.05) is 12.1 Å². The smallest absolute Gasteiger partial charge is 0.269 e. The third kappa shape index (κ3) is 8.31. The number of nitrogens with one attached hydrogen (secondary N) is 4. The van der Waals surface area contributed by atoms with Crippen molar-refractivity contribution in [3.05, 3.63) is 89.5 Å². The molecule has 0 unspecified atom stereocenters. The van der Waals surface area contributed by atoms with Gasteiger partial charge in [0.2, 0.25) is 0 Å². The largest absolute Gasteiger partial charge is 0.497 e. The first-order valence-electron chi connectivity index (χ1n) is 11.7. The van der Waals surface area contributed by atoms with Gasteiger partial charge in [0, 0.05) is 16.8 Å². The molecule has 0 saturated carbocycles. The summed E-state index contributed by atoms with van der Waals surface area (Å²) < 4.78 is 10.4. The summed E-state index contributed by atoms with van der Waals surface area (Å²) in [4.78, 5) is 37.0. The van der Waals surface area contributed by atoms with Gasteiger partial charge in [0.25, 0.3) is 17.7 Å². The van der Waals surface area contributed by atoms with Crippen molar-refractivity contribution in [2.24, 2.45) is 0 Å². The second kappa shape index (κ2) is 12.7. The number of carbonyl (C=O) groups is 3. The third-order valence-corrected chi connectivity index (χ3v) is 5.59. The summed E-state index contributed by atoms with van der Waals surface area (Å²) in [5.74, 6) is -0.0655. The number of hydrogen-bond donors (Lipinski definition) is 4. The van der Waals surface area contributed by atoms with Crippen molar-refractivity contribution >= 4 is 40.7 Å². The average Bonchev–Trinajstić information content (AvgIpc) is 2.91. The molecule has 10 heteroatoms. The third-order valence-electron chi connectivity index (χ3n) is 5.39. The molecule has 3 rings (SSSR count). The standard InChI is InChI=1S/C28H30N4O5S/c1-28(2,3)20-9-5-18(6-10-20)25(34)29-21-11-7-19(8-12-21)26(35)31-32-27(38)30-24(33)17-37-23-15-13-22(36-4)14-16-23/h5-16H,17H2,1-4H3,(H,29,34)(H,31,35)(H2,30,32,33,38). The highest BCUT2D eigenvalue weighted by Gasteiger charge is 2.15. The van der Waals surface area contributed by atoms with Gasteiger partial charge in [-0.2, -0.15) is 0 Å². The Morgan fingerprint density at radius 3 is 1.89 bits per heavy atom. The monoisotopic (exact) mass is 534 g/mol. The second-order valence-electron chi connectivity index (χ2n) is 9.28. The zero-order valence-electron chi connectivity index (χ0n) is 21.6. The minimum atomic E-state index is -0.499. The Bertz CT molecular complexity index is 1280. The first-order chi connectivity index (χ1) is 18.0. The van der Waals surface area contributed by atoms with Gasteiger partial charge in [0.05, 0.1) is 7.11 Å². The van der Waals surface area contributed by atoms with E-state index >= 15 is 0 Å². The fourth-order valence-corrected chi connectivity index (χ4v) is 3.40. The van der Waals surface area contributed by atoms with E-state index in [4.69, 9.17) is 21.7 Å². The minimum absolute atomic E-state index is 0.00185. The van der Waals surface area contributed by atoms with Crippen molar-refractivity contribution < 1.29 is 23.9 Å². The van der Waals surface area contributed by atoms with Crippen LogP contribution in [0.25, 0.3) is 0 Å².